The van der Waals surface area contributed by atoms with Crippen LogP contribution in [0.3, 0.4) is 0 Å². The lowest BCUT2D eigenvalue weighted by Gasteiger charge is -2.14. The summed E-state index contributed by atoms with van der Waals surface area (Å²) in [6.07, 6.45) is 0. The van der Waals surface area contributed by atoms with Gasteiger partial charge in [-0.2, -0.15) is 0 Å². The average Bonchev–Trinajstić information content (AvgIpc) is 2.37. The molecule has 2 aromatic rings. The number of methoxy groups -OCH3 is 1. The zero-order chi connectivity index (χ0) is 15.6. The molecule has 0 aliphatic carbocycles. The molecular weight excluding hydrogens is 293 g/mol. The molecule has 4 nitrogen and oxygen atoms in total. The number of hydrogen-bond acceptors (Lipinski definition) is 3. The second kappa shape index (κ2) is 5.73. The van der Waals surface area contributed by atoms with Crippen molar-refractivity contribution in [3.05, 3.63) is 53.3 Å². The van der Waals surface area contributed by atoms with Crippen LogP contribution in [0, 0.1) is 19.7 Å². The van der Waals surface area contributed by atoms with Crippen molar-refractivity contribution in [2.24, 2.45) is 0 Å². The van der Waals surface area contributed by atoms with Gasteiger partial charge in [-0.05, 0) is 49.2 Å². The van der Waals surface area contributed by atoms with E-state index in [1.54, 1.807) is 13.8 Å². The molecule has 2 rings (SSSR count). The van der Waals surface area contributed by atoms with E-state index >= 15 is 0 Å². The Hall–Kier alpha value is -2.08. The lowest BCUT2D eigenvalue weighted by molar-refractivity contribution is 0.399. The van der Waals surface area contributed by atoms with Crippen molar-refractivity contribution in [3.8, 4) is 5.75 Å². The predicted octanol–water partition coefficient (Wildman–Crippen LogP) is 3.25. The fourth-order valence-electron chi connectivity index (χ4n) is 2.14. The molecule has 0 bridgehead atoms. The molecule has 0 amide bonds. The van der Waals surface area contributed by atoms with E-state index < -0.39 is 15.8 Å². The SMILES string of the molecule is COc1c(C)cc(C)cc1S(=O)(=O)Nc1cccc(F)c1. The number of aryl methyl sites for hydroxylation is 2. The first-order valence-corrected chi connectivity index (χ1v) is 7.75. The fraction of sp³-hybridized carbons (Fsp3) is 0.200. The maximum atomic E-state index is 13.2. The van der Waals surface area contributed by atoms with Gasteiger partial charge in [-0.3, -0.25) is 4.72 Å². The Kier molecular flexibility index (Phi) is 4.18. The van der Waals surface area contributed by atoms with Gasteiger partial charge in [0.2, 0.25) is 0 Å². The second-order valence-electron chi connectivity index (χ2n) is 4.73. The fourth-order valence-corrected chi connectivity index (χ4v) is 3.52. The van der Waals surface area contributed by atoms with Crippen molar-refractivity contribution in [3.63, 3.8) is 0 Å². The van der Waals surface area contributed by atoms with E-state index in [1.165, 1.54) is 31.4 Å². The number of halogens is 1. The summed E-state index contributed by atoms with van der Waals surface area (Å²) in [5, 5.41) is 0. The number of rotatable bonds is 4. The Balaban J connectivity index is 2.49. The van der Waals surface area contributed by atoms with Crippen molar-refractivity contribution in [2.75, 3.05) is 11.8 Å². The summed E-state index contributed by atoms with van der Waals surface area (Å²) in [4.78, 5) is 0.0340. The molecule has 21 heavy (non-hydrogen) atoms. The molecule has 0 heterocycles. The van der Waals surface area contributed by atoms with E-state index in [2.05, 4.69) is 4.72 Å². The smallest absolute Gasteiger partial charge is 0.265 e. The number of benzene rings is 2. The predicted molar refractivity (Wildman–Crippen MR) is 79.7 cm³/mol. The summed E-state index contributed by atoms with van der Waals surface area (Å²) in [5.74, 6) is -0.230. The zero-order valence-electron chi connectivity index (χ0n) is 12.0. The number of anilines is 1. The van der Waals surface area contributed by atoms with Gasteiger partial charge in [-0.1, -0.05) is 12.1 Å². The van der Waals surface area contributed by atoms with Crippen LogP contribution in [0.1, 0.15) is 11.1 Å². The molecule has 0 unspecified atom stereocenters. The number of sulfonamides is 1. The van der Waals surface area contributed by atoms with Gasteiger partial charge in [0, 0.05) is 0 Å². The van der Waals surface area contributed by atoms with Crippen LogP contribution in [0.5, 0.6) is 5.75 Å². The normalized spacial score (nSPS) is 11.2. The lowest BCUT2D eigenvalue weighted by Crippen LogP contribution is -2.15. The van der Waals surface area contributed by atoms with Crippen LogP contribution in [-0.4, -0.2) is 15.5 Å². The van der Waals surface area contributed by atoms with Gasteiger partial charge < -0.3 is 4.74 Å². The average molecular weight is 309 g/mol. The third-order valence-corrected chi connectivity index (χ3v) is 4.34. The molecule has 0 radical (unpaired) electrons. The van der Waals surface area contributed by atoms with Crippen LogP contribution >= 0.6 is 0 Å². The van der Waals surface area contributed by atoms with Crippen molar-refractivity contribution in [1.29, 1.82) is 0 Å². The van der Waals surface area contributed by atoms with Crippen LogP contribution < -0.4 is 9.46 Å². The summed E-state index contributed by atoms with van der Waals surface area (Å²) in [7, 11) is -2.44. The Morgan fingerprint density at radius 3 is 2.48 bits per heavy atom. The Morgan fingerprint density at radius 1 is 1.14 bits per heavy atom. The third-order valence-electron chi connectivity index (χ3n) is 2.96. The highest BCUT2D eigenvalue weighted by Crippen LogP contribution is 2.30. The molecule has 0 spiro atoms. The number of nitrogens with one attached hydrogen (secondary N) is 1. The summed E-state index contributed by atoms with van der Waals surface area (Å²) < 4.78 is 45.7. The van der Waals surface area contributed by atoms with Crippen LogP contribution in [0.2, 0.25) is 0 Å². The first kappa shape index (κ1) is 15.3. The summed E-state index contributed by atoms with van der Waals surface area (Å²) in [6.45, 7) is 3.57. The Bertz CT molecular complexity index is 772. The summed E-state index contributed by atoms with van der Waals surface area (Å²) in [6, 6.07) is 8.64. The maximum Gasteiger partial charge on any atom is 0.265 e. The van der Waals surface area contributed by atoms with Crippen LogP contribution in [0.25, 0.3) is 0 Å². The van der Waals surface area contributed by atoms with E-state index in [1.807, 2.05) is 6.07 Å². The van der Waals surface area contributed by atoms with Crippen LogP contribution in [0.15, 0.2) is 41.3 Å². The first-order chi connectivity index (χ1) is 9.83. The largest absolute Gasteiger partial charge is 0.495 e. The van der Waals surface area contributed by atoms with E-state index in [4.69, 9.17) is 4.74 Å². The molecule has 6 heteroatoms. The molecule has 0 saturated carbocycles. The zero-order valence-corrected chi connectivity index (χ0v) is 12.8. The van der Waals surface area contributed by atoms with Gasteiger partial charge in [-0.15, -0.1) is 0 Å². The second-order valence-corrected chi connectivity index (χ2v) is 6.38. The minimum atomic E-state index is -3.86. The van der Waals surface area contributed by atoms with Gasteiger partial charge in [-0.25, -0.2) is 12.8 Å². The molecule has 0 atom stereocenters. The molecule has 0 aliphatic heterocycles. The number of ether oxygens (including phenoxy) is 1. The minimum Gasteiger partial charge on any atom is -0.495 e. The molecule has 2 aromatic carbocycles. The van der Waals surface area contributed by atoms with Crippen LogP contribution in [0.4, 0.5) is 10.1 Å². The summed E-state index contributed by atoms with van der Waals surface area (Å²) >= 11 is 0. The van der Waals surface area contributed by atoms with Crippen molar-refractivity contribution >= 4 is 15.7 Å². The number of hydrogen-bond donors (Lipinski definition) is 1. The molecule has 0 fully saturated rings. The minimum absolute atomic E-state index is 0.0340. The highest BCUT2D eigenvalue weighted by Gasteiger charge is 2.21. The maximum absolute atomic E-state index is 13.2. The molecule has 0 aliphatic rings. The van der Waals surface area contributed by atoms with Crippen molar-refractivity contribution < 1.29 is 17.5 Å². The molecule has 0 aromatic heterocycles. The van der Waals surface area contributed by atoms with Crippen LogP contribution in [-0.2, 0) is 10.0 Å². The molecular formula is C15H16FNO3S. The molecule has 0 saturated heterocycles. The highest BCUT2D eigenvalue weighted by molar-refractivity contribution is 7.92. The third kappa shape index (κ3) is 3.33. The van der Waals surface area contributed by atoms with Gasteiger partial charge in [0.1, 0.15) is 16.5 Å². The summed E-state index contributed by atoms with van der Waals surface area (Å²) in [5.41, 5.74) is 1.68. The van der Waals surface area contributed by atoms with E-state index in [-0.39, 0.29) is 16.3 Å². The molecule has 112 valence electrons. The van der Waals surface area contributed by atoms with E-state index in [0.717, 1.165) is 17.2 Å². The van der Waals surface area contributed by atoms with Gasteiger partial charge in [0.25, 0.3) is 10.0 Å². The van der Waals surface area contributed by atoms with Gasteiger partial charge in [0.15, 0.2) is 0 Å². The van der Waals surface area contributed by atoms with E-state index in [0.29, 0.717) is 0 Å². The molecule has 1 N–H and O–H groups in total. The highest BCUT2D eigenvalue weighted by atomic mass is 32.2. The quantitative estimate of drug-likeness (QED) is 0.943. The Morgan fingerprint density at radius 2 is 1.86 bits per heavy atom. The Labute approximate surface area is 123 Å². The van der Waals surface area contributed by atoms with Gasteiger partial charge >= 0.3 is 0 Å². The first-order valence-electron chi connectivity index (χ1n) is 6.27. The van der Waals surface area contributed by atoms with Gasteiger partial charge in [0.05, 0.1) is 12.8 Å². The monoisotopic (exact) mass is 309 g/mol. The lowest BCUT2D eigenvalue weighted by atomic mass is 10.1. The standard InChI is InChI=1S/C15H16FNO3S/c1-10-7-11(2)15(20-3)14(8-10)21(18,19)17-13-6-4-5-12(16)9-13/h4-9,17H,1-3H3. The topological polar surface area (TPSA) is 55.4 Å². The van der Waals surface area contributed by atoms with Crippen molar-refractivity contribution in [1.82, 2.24) is 0 Å². The van der Waals surface area contributed by atoms with E-state index in [9.17, 15) is 12.8 Å². The van der Waals surface area contributed by atoms with Crippen molar-refractivity contribution in [2.45, 2.75) is 18.7 Å².